The fourth-order valence-electron chi connectivity index (χ4n) is 1.66. The van der Waals surface area contributed by atoms with Crippen LogP contribution in [-0.4, -0.2) is 30.1 Å². The molecule has 0 aliphatic heterocycles. The van der Waals surface area contributed by atoms with Gasteiger partial charge in [0.05, 0.1) is 4.90 Å². The van der Waals surface area contributed by atoms with Crippen LogP contribution < -0.4 is 5.73 Å². The molecule has 0 spiro atoms. The molecular weight excluding hydrogens is 294 g/mol. The third kappa shape index (κ3) is 7.79. The topological polar surface area (TPSA) is 118 Å². The summed E-state index contributed by atoms with van der Waals surface area (Å²) in [7, 11) is -4.05. The highest BCUT2D eigenvalue weighted by molar-refractivity contribution is 7.85. The van der Waals surface area contributed by atoms with Crippen LogP contribution in [0.2, 0.25) is 0 Å². The summed E-state index contributed by atoms with van der Waals surface area (Å²) in [6, 6.07) is 5.72. The molecule has 0 bridgehead atoms. The van der Waals surface area contributed by atoms with E-state index in [1.165, 1.54) is 6.07 Å². The van der Waals surface area contributed by atoms with Crippen LogP contribution in [-0.2, 0) is 21.3 Å². The SMILES string of the molecule is CC(C)C[C@H](N)C(=O)O.CCc1ccccc1S(=O)(=O)O. The molecular formula is C14H23NO5S. The van der Waals surface area contributed by atoms with Crippen molar-refractivity contribution in [3.8, 4) is 0 Å². The normalized spacial score (nSPS) is 12.5. The molecule has 0 aliphatic carbocycles. The van der Waals surface area contributed by atoms with Gasteiger partial charge in [-0.25, -0.2) is 0 Å². The van der Waals surface area contributed by atoms with Crippen molar-refractivity contribution in [3.63, 3.8) is 0 Å². The summed E-state index contributed by atoms with van der Waals surface area (Å²) >= 11 is 0. The maximum atomic E-state index is 10.8. The molecule has 1 rings (SSSR count). The maximum Gasteiger partial charge on any atom is 0.320 e. The Bertz CT molecular complexity index is 554. The molecule has 0 amide bonds. The molecule has 0 heterocycles. The highest BCUT2D eigenvalue weighted by Crippen LogP contribution is 2.14. The second-order valence-electron chi connectivity index (χ2n) is 5.01. The zero-order valence-corrected chi connectivity index (χ0v) is 13.3. The molecule has 0 fully saturated rings. The molecule has 0 radical (unpaired) electrons. The Morgan fingerprint density at radius 1 is 1.29 bits per heavy atom. The van der Waals surface area contributed by atoms with E-state index in [4.69, 9.17) is 15.4 Å². The standard InChI is InChI=1S/C8H10O3S.C6H13NO2/c1-2-7-5-3-4-6-8(7)12(9,10)11;1-4(2)3-5(7)6(8)9/h3-6H,2H2,1H3,(H,9,10,11);4-5H,3,7H2,1-2H3,(H,8,9)/t;5-/m.0/s1. The summed E-state index contributed by atoms with van der Waals surface area (Å²) in [5.74, 6) is -0.556. The van der Waals surface area contributed by atoms with Crippen LogP contribution >= 0.6 is 0 Å². The second-order valence-corrected chi connectivity index (χ2v) is 6.40. The zero-order chi connectivity index (χ0) is 16.6. The van der Waals surface area contributed by atoms with Gasteiger partial charge >= 0.3 is 5.97 Å². The van der Waals surface area contributed by atoms with Crippen molar-refractivity contribution in [3.05, 3.63) is 29.8 Å². The van der Waals surface area contributed by atoms with Crippen LogP contribution in [0.1, 0.15) is 32.8 Å². The summed E-state index contributed by atoms with van der Waals surface area (Å²) in [4.78, 5) is 10.1. The Morgan fingerprint density at radius 3 is 2.10 bits per heavy atom. The third-order valence-electron chi connectivity index (χ3n) is 2.67. The van der Waals surface area contributed by atoms with E-state index in [1.54, 1.807) is 18.2 Å². The highest BCUT2D eigenvalue weighted by Gasteiger charge is 2.12. The van der Waals surface area contributed by atoms with Crippen molar-refractivity contribution in [2.75, 3.05) is 0 Å². The summed E-state index contributed by atoms with van der Waals surface area (Å²) < 4.78 is 30.3. The van der Waals surface area contributed by atoms with Gasteiger partial charge < -0.3 is 10.8 Å². The van der Waals surface area contributed by atoms with Gasteiger partial charge in [-0.1, -0.05) is 39.0 Å². The Balaban J connectivity index is 0.000000400. The van der Waals surface area contributed by atoms with Crippen molar-refractivity contribution < 1.29 is 22.9 Å². The average molecular weight is 317 g/mol. The third-order valence-corrected chi connectivity index (χ3v) is 3.63. The van der Waals surface area contributed by atoms with Crippen molar-refractivity contribution >= 4 is 16.1 Å². The number of aryl methyl sites for hydroxylation is 1. The Kier molecular flexibility index (Phi) is 8.16. The lowest BCUT2D eigenvalue weighted by molar-refractivity contribution is -0.138. The van der Waals surface area contributed by atoms with Gasteiger partial charge in [0.15, 0.2) is 0 Å². The number of nitrogens with two attached hydrogens (primary N) is 1. The van der Waals surface area contributed by atoms with Crippen LogP contribution in [0.4, 0.5) is 0 Å². The van der Waals surface area contributed by atoms with E-state index in [0.717, 1.165) is 0 Å². The molecule has 1 atom stereocenters. The summed E-state index contributed by atoms with van der Waals surface area (Å²) in [6.45, 7) is 5.73. The van der Waals surface area contributed by atoms with E-state index in [9.17, 15) is 13.2 Å². The monoisotopic (exact) mass is 317 g/mol. The first kappa shape index (κ1) is 19.6. The lowest BCUT2D eigenvalue weighted by Crippen LogP contribution is -2.31. The summed E-state index contributed by atoms with van der Waals surface area (Å²) in [5, 5.41) is 8.31. The van der Waals surface area contributed by atoms with E-state index in [1.807, 2.05) is 20.8 Å². The predicted octanol–water partition coefficient (Wildman–Crippen LogP) is 1.94. The fraction of sp³-hybridized carbons (Fsp3) is 0.500. The average Bonchev–Trinajstić information content (AvgIpc) is 2.37. The molecule has 0 saturated heterocycles. The molecule has 21 heavy (non-hydrogen) atoms. The van der Waals surface area contributed by atoms with Crippen LogP contribution in [0.15, 0.2) is 29.2 Å². The van der Waals surface area contributed by atoms with E-state index < -0.39 is 22.1 Å². The quantitative estimate of drug-likeness (QED) is 0.714. The van der Waals surface area contributed by atoms with E-state index in [2.05, 4.69) is 0 Å². The van der Waals surface area contributed by atoms with Crippen LogP contribution in [0.5, 0.6) is 0 Å². The van der Waals surface area contributed by atoms with Gasteiger partial charge in [-0.15, -0.1) is 0 Å². The number of carboxylic acid groups (broad SMARTS) is 1. The lowest BCUT2D eigenvalue weighted by atomic mass is 10.1. The first-order valence-electron chi connectivity index (χ1n) is 6.63. The number of aliphatic carboxylic acids is 1. The molecule has 4 N–H and O–H groups in total. The summed E-state index contributed by atoms with van der Waals surface area (Å²) in [5.41, 5.74) is 5.86. The Labute approximate surface area is 125 Å². The van der Waals surface area contributed by atoms with E-state index >= 15 is 0 Å². The molecule has 0 aliphatic rings. The number of rotatable bonds is 5. The first-order valence-corrected chi connectivity index (χ1v) is 8.07. The van der Waals surface area contributed by atoms with Crippen LogP contribution in [0, 0.1) is 5.92 Å². The number of benzene rings is 1. The molecule has 1 aromatic carbocycles. The first-order chi connectivity index (χ1) is 9.59. The Morgan fingerprint density at radius 2 is 1.81 bits per heavy atom. The van der Waals surface area contributed by atoms with Gasteiger partial charge in [-0.2, -0.15) is 8.42 Å². The lowest BCUT2D eigenvalue weighted by Gasteiger charge is -2.07. The smallest absolute Gasteiger partial charge is 0.320 e. The summed E-state index contributed by atoms with van der Waals surface area (Å²) in [6.07, 6.45) is 1.14. The van der Waals surface area contributed by atoms with Crippen molar-refractivity contribution in [1.29, 1.82) is 0 Å². The highest BCUT2D eigenvalue weighted by atomic mass is 32.2. The van der Waals surface area contributed by atoms with Crippen molar-refractivity contribution in [2.24, 2.45) is 11.7 Å². The van der Waals surface area contributed by atoms with Gasteiger partial charge in [0.25, 0.3) is 10.1 Å². The van der Waals surface area contributed by atoms with E-state index in [0.29, 0.717) is 24.3 Å². The molecule has 7 heteroatoms. The zero-order valence-electron chi connectivity index (χ0n) is 12.5. The van der Waals surface area contributed by atoms with Gasteiger partial charge in [0.2, 0.25) is 0 Å². The van der Waals surface area contributed by atoms with Crippen molar-refractivity contribution in [2.45, 2.75) is 44.6 Å². The minimum absolute atomic E-state index is 0.00694. The van der Waals surface area contributed by atoms with Gasteiger partial charge in [0, 0.05) is 0 Å². The van der Waals surface area contributed by atoms with Crippen LogP contribution in [0.3, 0.4) is 0 Å². The minimum atomic E-state index is -4.05. The number of carboxylic acids is 1. The number of hydrogen-bond donors (Lipinski definition) is 3. The molecule has 0 aromatic heterocycles. The molecule has 0 unspecified atom stereocenters. The van der Waals surface area contributed by atoms with Gasteiger partial charge in [0.1, 0.15) is 6.04 Å². The Hall–Kier alpha value is -1.44. The number of carbonyl (C=O) groups is 1. The molecule has 1 aromatic rings. The van der Waals surface area contributed by atoms with Gasteiger partial charge in [-0.3, -0.25) is 9.35 Å². The predicted molar refractivity (Wildman–Crippen MR) is 80.7 cm³/mol. The minimum Gasteiger partial charge on any atom is -0.480 e. The van der Waals surface area contributed by atoms with E-state index in [-0.39, 0.29) is 4.90 Å². The molecule has 0 saturated carbocycles. The van der Waals surface area contributed by atoms with Crippen molar-refractivity contribution in [1.82, 2.24) is 0 Å². The fourth-order valence-corrected chi connectivity index (χ4v) is 2.45. The molecule has 120 valence electrons. The second kappa shape index (κ2) is 8.76. The largest absolute Gasteiger partial charge is 0.480 e. The number of hydrogen-bond acceptors (Lipinski definition) is 4. The maximum absolute atomic E-state index is 10.8. The van der Waals surface area contributed by atoms with Gasteiger partial charge in [-0.05, 0) is 30.4 Å². The molecule has 6 nitrogen and oxygen atoms in total. The van der Waals surface area contributed by atoms with Crippen LogP contribution in [0.25, 0.3) is 0 Å².